The van der Waals surface area contributed by atoms with Crippen LogP contribution in [0.25, 0.3) is 0 Å². The van der Waals surface area contributed by atoms with Crippen LogP contribution in [0.4, 0.5) is 26.3 Å². The third kappa shape index (κ3) is 22.9. The molecule has 8 heteroatoms. The van der Waals surface area contributed by atoms with Gasteiger partial charge in [-0.2, -0.15) is 0 Å². The summed E-state index contributed by atoms with van der Waals surface area (Å²) in [7, 11) is 0. The van der Waals surface area contributed by atoms with E-state index in [0.717, 1.165) is 0 Å². The molecule has 0 radical (unpaired) electrons. The van der Waals surface area contributed by atoms with E-state index in [9.17, 15) is 26.3 Å². The Labute approximate surface area is 87.5 Å². The van der Waals surface area contributed by atoms with Crippen LogP contribution in [-0.2, 0) is 9.47 Å². The van der Waals surface area contributed by atoms with Gasteiger partial charge < -0.3 is 0 Å². The summed E-state index contributed by atoms with van der Waals surface area (Å²) < 4.78 is 71.8. The van der Waals surface area contributed by atoms with Crippen LogP contribution in [0.3, 0.4) is 0 Å². The molecule has 16 heavy (non-hydrogen) atoms. The smallest absolute Gasteiger partial charge is 0.279 e. The molecule has 0 atom stereocenters. The van der Waals surface area contributed by atoms with Crippen LogP contribution in [0.15, 0.2) is 0 Å². The SMILES string of the molecule is C#CCOC(F)(F)F.C#CCOC(F)(F)F. The van der Waals surface area contributed by atoms with Crippen molar-refractivity contribution in [2.75, 3.05) is 13.2 Å². The monoisotopic (exact) mass is 248 g/mol. The largest absolute Gasteiger partial charge is 0.523 e. The molecule has 0 spiro atoms. The zero-order chi connectivity index (χ0) is 13.2. The van der Waals surface area contributed by atoms with Gasteiger partial charge in [0.15, 0.2) is 0 Å². The molecule has 92 valence electrons. The fourth-order valence-corrected chi connectivity index (χ4v) is 0.247. The van der Waals surface area contributed by atoms with Crippen molar-refractivity contribution in [1.82, 2.24) is 0 Å². The number of terminal acetylenes is 2. The van der Waals surface area contributed by atoms with Gasteiger partial charge in [-0.3, -0.25) is 9.47 Å². The highest BCUT2D eigenvalue weighted by atomic mass is 19.4. The van der Waals surface area contributed by atoms with Gasteiger partial charge in [0.05, 0.1) is 0 Å². The van der Waals surface area contributed by atoms with E-state index in [1.165, 1.54) is 0 Å². The first-order valence-corrected chi connectivity index (χ1v) is 3.40. The van der Waals surface area contributed by atoms with Crippen molar-refractivity contribution in [3.63, 3.8) is 0 Å². The molecule has 0 aliphatic rings. The van der Waals surface area contributed by atoms with Crippen LogP contribution in [0.1, 0.15) is 0 Å². The highest BCUT2D eigenvalue weighted by Gasteiger charge is 2.28. The normalized spacial score (nSPS) is 10.8. The molecule has 0 aliphatic carbocycles. The van der Waals surface area contributed by atoms with E-state index in [1.807, 2.05) is 0 Å². The van der Waals surface area contributed by atoms with Crippen molar-refractivity contribution in [2.45, 2.75) is 12.7 Å². The Morgan fingerprint density at radius 1 is 0.750 bits per heavy atom. The highest BCUT2D eigenvalue weighted by molar-refractivity contribution is 4.83. The van der Waals surface area contributed by atoms with Crippen molar-refractivity contribution in [3.8, 4) is 24.7 Å². The third-order valence-electron chi connectivity index (χ3n) is 0.638. The fraction of sp³-hybridized carbons (Fsp3) is 0.500. The van der Waals surface area contributed by atoms with Gasteiger partial charge in [-0.05, 0) is 0 Å². The lowest BCUT2D eigenvalue weighted by Crippen LogP contribution is -2.12. The van der Waals surface area contributed by atoms with Crippen LogP contribution in [-0.4, -0.2) is 25.9 Å². The third-order valence-corrected chi connectivity index (χ3v) is 0.638. The van der Waals surface area contributed by atoms with E-state index in [1.54, 1.807) is 11.8 Å². The first kappa shape index (κ1) is 17.0. The van der Waals surface area contributed by atoms with Gasteiger partial charge in [-0.1, -0.05) is 11.8 Å². The molecular weight excluding hydrogens is 242 g/mol. The molecule has 0 aromatic carbocycles. The summed E-state index contributed by atoms with van der Waals surface area (Å²) in [6.45, 7) is -1.44. The standard InChI is InChI=1S/2C4H3F3O/c2*1-2-3-8-4(5,6)7/h2*1H,3H2. The van der Waals surface area contributed by atoms with Gasteiger partial charge in [0, 0.05) is 0 Å². The lowest BCUT2D eigenvalue weighted by atomic mass is 10.8. The summed E-state index contributed by atoms with van der Waals surface area (Å²) in [6, 6.07) is 0. The quantitative estimate of drug-likeness (QED) is 0.551. The number of hydrogen-bond donors (Lipinski definition) is 0. The van der Waals surface area contributed by atoms with E-state index in [-0.39, 0.29) is 0 Å². The lowest BCUT2D eigenvalue weighted by molar-refractivity contribution is -0.319. The Kier molecular flexibility index (Phi) is 8.36. The molecule has 0 bridgehead atoms. The molecule has 0 N–H and O–H groups in total. The number of hydrogen-bond acceptors (Lipinski definition) is 2. The topological polar surface area (TPSA) is 18.5 Å². The van der Waals surface area contributed by atoms with Crippen molar-refractivity contribution in [3.05, 3.63) is 0 Å². The Hall–Kier alpha value is -1.38. The van der Waals surface area contributed by atoms with Crippen LogP contribution >= 0.6 is 0 Å². The predicted molar refractivity (Wildman–Crippen MR) is 41.7 cm³/mol. The molecular formula is C8H6F6O2. The van der Waals surface area contributed by atoms with E-state index in [4.69, 9.17) is 0 Å². The molecule has 0 aromatic rings. The minimum atomic E-state index is -4.59. The maximum absolute atomic E-state index is 10.9. The molecule has 2 nitrogen and oxygen atoms in total. The first-order valence-electron chi connectivity index (χ1n) is 3.40. The second-order valence-corrected chi connectivity index (χ2v) is 1.88. The van der Waals surface area contributed by atoms with E-state index in [2.05, 4.69) is 22.3 Å². The molecule has 0 saturated heterocycles. The van der Waals surface area contributed by atoms with E-state index in [0.29, 0.717) is 0 Å². The molecule has 0 aliphatic heterocycles. The molecule has 0 amide bonds. The van der Waals surface area contributed by atoms with Crippen molar-refractivity contribution < 1.29 is 35.8 Å². The molecule has 0 saturated carbocycles. The molecule has 0 unspecified atom stereocenters. The Morgan fingerprint density at radius 2 is 1.00 bits per heavy atom. The lowest BCUT2D eigenvalue weighted by Gasteiger charge is -2.01. The molecule has 0 rings (SSSR count). The summed E-state index contributed by atoms with van der Waals surface area (Å²) in [6.07, 6.45) is -0.260. The number of rotatable bonds is 2. The number of ether oxygens (including phenoxy) is 2. The van der Waals surface area contributed by atoms with Crippen molar-refractivity contribution in [2.24, 2.45) is 0 Å². The highest BCUT2D eigenvalue weighted by Crippen LogP contribution is 2.15. The van der Waals surface area contributed by atoms with Gasteiger partial charge >= 0.3 is 12.7 Å². The summed E-state index contributed by atoms with van der Waals surface area (Å²) in [4.78, 5) is 0. The average molecular weight is 248 g/mol. The van der Waals surface area contributed by atoms with Gasteiger partial charge in [0.2, 0.25) is 0 Å². The Bertz CT molecular complexity index is 226. The minimum Gasteiger partial charge on any atom is -0.279 e. The summed E-state index contributed by atoms with van der Waals surface area (Å²) >= 11 is 0. The van der Waals surface area contributed by atoms with Crippen LogP contribution < -0.4 is 0 Å². The van der Waals surface area contributed by atoms with Gasteiger partial charge in [0.1, 0.15) is 13.2 Å². The van der Waals surface area contributed by atoms with Crippen molar-refractivity contribution >= 4 is 0 Å². The van der Waals surface area contributed by atoms with Gasteiger partial charge in [-0.15, -0.1) is 39.2 Å². The number of alkyl halides is 6. The van der Waals surface area contributed by atoms with E-state index >= 15 is 0 Å². The maximum atomic E-state index is 10.9. The maximum Gasteiger partial charge on any atom is 0.523 e. The minimum absolute atomic E-state index is 0.719. The summed E-state index contributed by atoms with van der Waals surface area (Å²) in [5.41, 5.74) is 0. The van der Waals surface area contributed by atoms with Gasteiger partial charge in [-0.25, -0.2) is 0 Å². The van der Waals surface area contributed by atoms with Gasteiger partial charge in [0.25, 0.3) is 0 Å². The molecule has 0 fully saturated rings. The number of halogens is 6. The van der Waals surface area contributed by atoms with E-state index < -0.39 is 25.9 Å². The average Bonchev–Trinajstić information content (AvgIpc) is 2.10. The first-order chi connectivity index (χ1) is 7.12. The summed E-state index contributed by atoms with van der Waals surface area (Å²) in [5, 5.41) is 0. The predicted octanol–water partition coefficient (Wildman–Crippen LogP) is 2.31. The Morgan fingerprint density at radius 3 is 1.06 bits per heavy atom. The van der Waals surface area contributed by atoms with Crippen LogP contribution in [0.5, 0.6) is 0 Å². The van der Waals surface area contributed by atoms with Crippen molar-refractivity contribution in [1.29, 1.82) is 0 Å². The second kappa shape index (κ2) is 7.85. The van der Waals surface area contributed by atoms with Crippen LogP contribution in [0, 0.1) is 24.7 Å². The summed E-state index contributed by atoms with van der Waals surface area (Å²) in [5.74, 6) is 3.36. The Balaban J connectivity index is 0. The zero-order valence-corrected chi connectivity index (χ0v) is 7.65. The molecule has 0 aromatic heterocycles. The fourth-order valence-electron chi connectivity index (χ4n) is 0.247. The van der Waals surface area contributed by atoms with Crippen LogP contribution in [0.2, 0.25) is 0 Å². The second-order valence-electron chi connectivity index (χ2n) is 1.88. The zero-order valence-electron chi connectivity index (χ0n) is 7.65. The molecule has 0 heterocycles.